The monoisotopic (exact) mass is 218 g/mol. The van der Waals surface area contributed by atoms with Crippen molar-refractivity contribution < 1.29 is 0 Å². The fourth-order valence-electron chi connectivity index (χ4n) is 1.82. The second kappa shape index (κ2) is 4.51. The lowest BCUT2D eigenvalue weighted by molar-refractivity contribution is 0.683. The first-order valence-corrected chi connectivity index (χ1v) is 5.79. The molecule has 0 fully saturated rings. The van der Waals surface area contributed by atoms with Gasteiger partial charge in [-0.25, -0.2) is 4.52 Å². The number of nitrogens with zero attached hydrogens (tertiary/aromatic N) is 3. The fraction of sp³-hybridized carbons (Fsp3) is 0.500. The SMILES string of the molecule is CCCC(C)Nc1nc2cccc(C)n2n1. The van der Waals surface area contributed by atoms with Crippen molar-refractivity contribution in [3.8, 4) is 0 Å². The molecule has 0 radical (unpaired) electrons. The summed E-state index contributed by atoms with van der Waals surface area (Å²) in [6.45, 7) is 6.36. The molecule has 0 saturated heterocycles. The lowest BCUT2D eigenvalue weighted by Gasteiger charge is -2.09. The summed E-state index contributed by atoms with van der Waals surface area (Å²) in [6.07, 6.45) is 2.30. The predicted octanol–water partition coefficient (Wildman–Crippen LogP) is 2.64. The minimum atomic E-state index is 0.419. The van der Waals surface area contributed by atoms with Crippen molar-refractivity contribution in [2.45, 2.75) is 39.7 Å². The summed E-state index contributed by atoms with van der Waals surface area (Å²) < 4.78 is 1.86. The van der Waals surface area contributed by atoms with Crippen LogP contribution in [-0.4, -0.2) is 20.6 Å². The Kier molecular flexibility index (Phi) is 3.08. The lowest BCUT2D eigenvalue weighted by atomic mass is 10.2. The normalized spacial score (nSPS) is 12.9. The number of aryl methyl sites for hydroxylation is 1. The van der Waals surface area contributed by atoms with Crippen LogP contribution in [-0.2, 0) is 0 Å². The summed E-state index contributed by atoms with van der Waals surface area (Å²) in [7, 11) is 0. The second-order valence-electron chi connectivity index (χ2n) is 4.21. The fourth-order valence-corrected chi connectivity index (χ4v) is 1.82. The molecule has 0 aliphatic heterocycles. The highest BCUT2D eigenvalue weighted by Gasteiger charge is 2.07. The zero-order valence-corrected chi connectivity index (χ0v) is 10.1. The van der Waals surface area contributed by atoms with E-state index in [-0.39, 0.29) is 0 Å². The molecule has 4 heteroatoms. The summed E-state index contributed by atoms with van der Waals surface area (Å²) in [5, 5.41) is 7.75. The number of hydrogen-bond acceptors (Lipinski definition) is 3. The second-order valence-corrected chi connectivity index (χ2v) is 4.21. The molecule has 1 unspecified atom stereocenters. The third-order valence-electron chi connectivity index (χ3n) is 2.65. The number of fused-ring (bicyclic) bond motifs is 1. The number of aromatic nitrogens is 3. The van der Waals surface area contributed by atoms with Crippen LogP contribution < -0.4 is 5.32 Å². The molecule has 2 rings (SSSR count). The Labute approximate surface area is 95.7 Å². The summed E-state index contributed by atoms with van der Waals surface area (Å²) in [5.41, 5.74) is 1.99. The lowest BCUT2D eigenvalue weighted by Crippen LogP contribution is -2.15. The summed E-state index contributed by atoms with van der Waals surface area (Å²) in [6, 6.07) is 6.41. The van der Waals surface area contributed by atoms with E-state index in [2.05, 4.69) is 29.2 Å². The van der Waals surface area contributed by atoms with E-state index in [1.807, 2.05) is 29.6 Å². The summed E-state index contributed by atoms with van der Waals surface area (Å²) in [5.74, 6) is 0.718. The zero-order valence-electron chi connectivity index (χ0n) is 10.1. The number of rotatable bonds is 4. The van der Waals surface area contributed by atoms with E-state index < -0.39 is 0 Å². The van der Waals surface area contributed by atoms with Crippen LogP contribution in [0.3, 0.4) is 0 Å². The molecular weight excluding hydrogens is 200 g/mol. The quantitative estimate of drug-likeness (QED) is 0.857. The molecular formula is C12H18N4. The molecule has 16 heavy (non-hydrogen) atoms. The Morgan fingerprint density at radius 3 is 2.94 bits per heavy atom. The van der Waals surface area contributed by atoms with Crippen molar-refractivity contribution in [2.75, 3.05) is 5.32 Å². The van der Waals surface area contributed by atoms with Gasteiger partial charge in [-0.2, -0.15) is 4.98 Å². The molecule has 0 bridgehead atoms. The Bertz CT molecular complexity index is 475. The van der Waals surface area contributed by atoms with E-state index in [0.29, 0.717) is 6.04 Å². The number of hydrogen-bond donors (Lipinski definition) is 1. The van der Waals surface area contributed by atoms with Crippen LogP contribution in [0.15, 0.2) is 18.2 Å². The van der Waals surface area contributed by atoms with Gasteiger partial charge in [0.1, 0.15) is 0 Å². The van der Waals surface area contributed by atoms with Gasteiger partial charge < -0.3 is 5.32 Å². The molecule has 0 aliphatic rings. The van der Waals surface area contributed by atoms with Gasteiger partial charge in [-0.15, -0.1) is 5.10 Å². The standard InChI is InChI=1S/C12H18N4/c1-4-6-9(2)13-12-14-11-8-5-7-10(3)16(11)15-12/h5,7-9H,4,6H2,1-3H3,(H,13,15). The average molecular weight is 218 g/mol. The third kappa shape index (κ3) is 2.15. The topological polar surface area (TPSA) is 42.2 Å². The van der Waals surface area contributed by atoms with Gasteiger partial charge in [-0.05, 0) is 32.4 Å². The molecule has 1 atom stereocenters. The smallest absolute Gasteiger partial charge is 0.243 e. The van der Waals surface area contributed by atoms with Gasteiger partial charge in [0.25, 0.3) is 0 Å². The van der Waals surface area contributed by atoms with E-state index in [9.17, 15) is 0 Å². The van der Waals surface area contributed by atoms with Crippen molar-refractivity contribution in [3.05, 3.63) is 23.9 Å². The first kappa shape index (κ1) is 10.9. The van der Waals surface area contributed by atoms with Crippen LogP contribution in [0.4, 0.5) is 5.95 Å². The molecule has 0 saturated carbocycles. The third-order valence-corrected chi connectivity index (χ3v) is 2.65. The number of nitrogens with one attached hydrogen (secondary N) is 1. The molecule has 0 amide bonds. The van der Waals surface area contributed by atoms with Crippen LogP contribution >= 0.6 is 0 Å². The average Bonchev–Trinajstić information content (AvgIpc) is 2.62. The van der Waals surface area contributed by atoms with E-state index >= 15 is 0 Å². The van der Waals surface area contributed by atoms with Gasteiger partial charge in [0.2, 0.25) is 5.95 Å². The summed E-state index contributed by atoms with van der Waals surface area (Å²) >= 11 is 0. The minimum Gasteiger partial charge on any atom is -0.350 e. The van der Waals surface area contributed by atoms with E-state index in [1.54, 1.807) is 0 Å². The Balaban J connectivity index is 2.23. The number of pyridine rings is 1. The van der Waals surface area contributed by atoms with Gasteiger partial charge in [0.05, 0.1) is 0 Å². The van der Waals surface area contributed by atoms with Crippen LogP contribution in [0.1, 0.15) is 32.4 Å². The van der Waals surface area contributed by atoms with Crippen molar-refractivity contribution in [1.82, 2.24) is 14.6 Å². The Morgan fingerprint density at radius 2 is 2.25 bits per heavy atom. The summed E-state index contributed by atoms with van der Waals surface area (Å²) in [4.78, 5) is 4.44. The molecule has 0 spiro atoms. The maximum Gasteiger partial charge on any atom is 0.243 e. The Morgan fingerprint density at radius 1 is 1.44 bits per heavy atom. The van der Waals surface area contributed by atoms with Crippen molar-refractivity contribution >= 4 is 11.6 Å². The maximum atomic E-state index is 4.44. The molecule has 86 valence electrons. The molecule has 0 aromatic carbocycles. The molecule has 4 nitrogen and oxygen atoms in total. The minimum absolute atomic E-state index is 0.419. The Hall–Kier alpha value is -1.58. The largest absolute Gasteiger partial charge is 0.350 e. The van der Waals surface area contributed by atoms with Crippen LogP contribution in [0.25, 0.3) is 5.65 Å². The molecule has 0 aliphatic carbocycles. The molecule has 2 aromatic heterocycles. The zero-order chi connectivity index (χ0) is 11.5. The maximum absolute atomic E-state index is 4.44. The van der Waals surface area contributed by atoms with Crippen molar-refractivity contribution in [2.24, 2.45) is 0 Å². The van der Waals surface area contributed by atoms with E-state index in [1.165, 1.54) is 6.42 Å². The van der Waals surface area contributed by atoms with Crippen molar-refractivity contribution in [3.63, 3.8) is 0 Å². The van der Waals surface area contributed by atoms with Gasteiger partial charge >= 0.3 is 0 Å². The van der Waals surface area contributed by atoms with Gasteiger partial charge in [-0.3, -0.25) is 0 Å². The van der Waals surface area contributed by atoms with Crippen molar-refractivity contribution in [1.29, 1.82) is 0 Å². The predicted molar refractivity (Wildman–Crippen MR) is 65.7 cm³/mol. The van der Waals surface area contributed by atoms with Crippen LogP contribution in [0.5, 0.6) is 0 Å². The first-order valence-electron chi connectivity index (χ1n) is 5.79. The van der Waals surface area contributed by atoms with Gasteiger partial charge in [-0.1, -0.05) is 19.4 Å². The van der Waals surface area contributed by atoms with E-state index in [4.69, 9.17) is 0 Å². The highest BCUT2D eigenvalue weighted by atomic mass is 15.4. The van der Waals surface area contributed by atoms with Crippen LogP contribution in [0.2, 0.25) is 0 Å². The first-order chi connectivity index (χ1) is 7.70. The van der Waals surface area contributed by atoms with Gasteiger partial charge in [0.15, 0.2) is 5.65 Å². The van der Waals surface area contributed by atoms with Gasteiger partial charge in [0, 0.05) is 11.7 Å². The number of anilines is 1. The van der Waals surface area contributed by atoms with E-state index in [0.717, 1.165) is 23.7 Å². The molecule has 1 N–H and O–H groups in total. The highest BCUT2D eigenvalue weighted by molar-refractivity contribution is 5.44. The molecule has 2 aromatic rings. The molecule has 2 heterocycles. The van der Waals surface area contributed by atoms with Crippen LogP contribution in [0, 0.1) is 6.92 Å². The highest BCUT2D eigenvalue weighted by Crippen LogP contribution is 2.10.